The summed E-state index contributed by atoms with van der Waals surface area (Å²) >= 11 is 5.94. The second-order valence-corrected chi connectivity index (χ2v) is 6.52. The molecular weight excluding hydrogens is 432 g/mol. The van der Waals surface area contributed by atoms with Crippen LogP contribution in [0.4, 0.5) is 14.5 Å². The Morgan fingerprint density at radius 1 is 1.27 bits per heavy atom. The highest BCUT2D eigenvalue weighted by atomic mass is 35.5. The summed E-state index contributed by atoms with van der Waals surface area (Å²) in [5.74, 6) is -3.00. The average Bonchev–Trinajstić information content (AvgIpc) is 3.25. The first-order valence-electron chi connectivity index (χ1n) is 8.15. The zero-order valence-electron chi connectivity index (χ0n) is 14.9. The Morgan fingerprint density at radius 2 is 1.97 bits per heavy atom. The zero-order valence-corrected chi connectivity index (χ0v) is 15.6. The minimum Gasteiger partial charge on any atom is -0.475 e. The molecule has 1 aliphatic rings. The number of rotatable bonds is 4. The molecule has 0 spiro atoms. The number of amides is 1. The van der Waals surface area contributed by atoms with Gasteiger partial charge in [-0.15, -0.1) is 8.78 Å². The van der Waals surface area contributed by atoms with Gasteiger partial charge in [0.25, 0.3) is 5.56 Å². The Balaban J connectivity index is 1.61. The average molecular weight is 442 g/mol. The van der Waals surface area contributed by atoms with Crippen LogP contribution in [0.5, 0.6) is 11.5 Å². The van der Waals surface area contributed by atoms with Gasteiger partial charge < -0.3 is 23.9 Å². The van der Waals surface area contributed by atoms with Crippen LogP contribution in [0.25, 0.3) is 11.0 Å². The van der Waals surface area contributed by atoms with E-state index in [1.54, 1.807) is 0 Å². The SMILES string of the molecule is CN(C(=O)Cn1nc(Cl)c2oc(C(=O)O)cc2c1=O)c1ccc2c(c1)OC(F)(F)O2. The number of nitrogens with zero attached hydrogens (tertiary/aromatic N) is 3. The molecule has 1 aromatic carbocycles. The van der Waals surface area contributed by atoms with Crippen LogP contribution >= 0.6 is 11.6 Å². The number of carbonyl (C=O) groups excluding carboxylic acids is 1. The van der Waals surface area contributed by atoms with Gasteiger partial charge in [-0.3, -0.25) is 9.59 Å². The van der Waals surface area contributed by atoms with Crippen molar-refractivity contribution in [2.24, 2.45) is 0 Å². The lowest BCUT2D eigenvalue weighted by atomic mass is 10.2. The molecule has 30 heavy (non-hydrogen) atoms. The van der Waals surface area contributed by atoms with E-state index in [-0.39, 0.29) is 33.3 Å². The summed E-state index contributed by atoms with van der Waals surface area (Å²) in [6, 6.07) is 4.72. The van der Waals surface area contributed by atoms with Crippen LogP contribution in [0.15, 0.2) is 33.5 Å². The van der Waals surface area contributed by atoms with Gasteiger partial charge in [-0.2, -0.15) is 5.10 Å². The number of carboxylic acid groups (broad SMARTS) is 1. The van der Waals surface area contributed by atoms with Crippen molar-refractivity contribution in [3.63, 3.8) is 0 Å². The quantitative estimate of drug-likeness (QED) is 0.654. The maximum absolute atomic E-state index is 13.1. The molecule has 0 saturated heterocycles. The van der Waals surface area contributed by atoms with E-state index in [0.29, 0.717) is 0 Å². The summed E-state index contributed by atoms with van der Waals surface area (Å²) in [4.78, 5) is 37.3. The van der Waals surface area contributed by atoms with Gasteiger partial charge in [0, 0.05) is 24.9 Å². The Morgan fingerprint density at radius 3 is 2.67 bits per heavy atom. The number of anilines is 1. The van der Waals surface area contributed by atoms with Gasteiger partial charge in [-0.1, -0.05) is 11.6 Å². The van der Waals surface area contributed by atoms with Crippen LogP contribution < -0.4 is 19.9 Å². The van der Waals surface area contributed by atoms with Crippen molar-refractivity contribution in [1.29, 1.82) is 0 Å². The van der Waals surface area contributed by atoms with E-state index in [9.17, 15) is 23.2 Å². The molecular formula is C17H10ClF2N3O7. The number of alkyl halides is 2. The van der Waals surface area contributed by atoms with E-state index in [2.05, 4.69) is 14.6 Å². The van der Waals surface area contributed by atoms with Crippen molar-refractivity contribution in [2.45, 2.75) is 12.8 Å². The molecule has 156 valence electrons. The third kappa shape index (κ3) is 3.30. The van der Waals surface area contributed by atoms with E-state index < -0.39 is 36.0 Å². The third-order valence-electron chi connectivity index (χ3n) is 4.23. The number of benzene rings is 1. The number of hydrogen-bond acceptors (Lipinski definition) is 7. The molecule has 0 saturated carbocycles. The van der Waals surface area contributed by atoms with Crippen molar-refractivity contribution in [3.8, 4) is 11.5 Å². The number of carbonyl (C=O) groups is 2. The number of furan rings is 1. The maximum atomic E-state index is 13.1. The van der Waals surface area contributed by atoms with Crippen LogP contribution in [0.2, 0.25) is 5.15 Å². The largest absolute Gasteiger partial charge is 0.586 e. The molecule has 3 heterocycles. The first-order valence-corrected chi connectivity index (χ1v) is 8.53. The molecule has 0 unspecified atom stereocenters. The summed E-state index contributed by atoms with van der Waals surface area (Å²) in [5.41, 5.74) is -0.817. The van der Waals surface area contributed by atoms with Crippen molar-refractivity contribution >= 4 is 40.1 Å². The maximum Gasteiger partial charge on any atom is 0.586 e. The smallest absolute Gasteiger partial charge is 0.475 e. The van der Waals surface area contributed by atoms with Gasteiger partial charge >= 0.3 is 12.3 Å². The second-order valence-electron chi connectivity index (χ2n) is 6.16. The van der Waals surface area contributed by atoms with Crippen molar-refractivity contribution in [1.82, 2.24) is 9.78 Å². The van der Waals surface area contributed by atoms with Gasteiger partial charge in [0.2, 0.25) is 11.7 Å². The number of likely N-dealkylation sites (N-methyl/N-ethyl adjacent to an activating group) is 1. The molecule has 13 heteroatoms. The molecule has 1 amide bonds. The lowest BCUT2D eigenvalue weighted by molar-refractivity contribution is -0.286. The molecule has 1 N–H and O–H groups in total. The number of carboxylic acids is 1. The molecule has 4 rings (SSSR count). The van der Waals surface area contributed by atoms with Gasteiger partial charge in [0.1, 0.15) is 6.54 Å². The van der Waals surface area contributed by atoms with E-state index in [4.69, 9.17) is 21.1 Å². The van der Waals surface area contributed by atoms with Gasteiger partial charge in [0.05, 0.1) is 5.39 Å². The lowest BCUT2D eigenvalue weighted by Crippen LogP contribution is -2.35. The molecule has 0 bridgehead atoms. The summed E-state index contributed by atoms with van der Waals surface area (Å²) in [6.07, 6.45) is -3.80. The normalized spacial score (nSPS) is 14.1. The Bertz CT molecular complexity index is 1270. The van der Waals surface area contributed by atoms with E-state index >= 15 is 0 Å². The fourth-order valence-electron chi connectivity index (χ4n) is 2.78. The lowest BCUT2D eigenvalue weighted by Gasteiger charge is -2.18. The van der Waals surface area contributed by atoms with E-state index in [1.807, 2.05) is 0 Å². The zero-order chi connectivity index (χ0) is 21.8. The molecule has 3 aromatic rings. The van der Waals surface area contributed by atoms with Crippen LogP contribution in [-0.4, -0.2) is 40.1 Å². The summed E-state index contributed by atoms with van der Waals surface area (Å²) < 4.78 is 40.7. The Labute approximate surface area is 169 Å². The minimum absolute atomic E-state index is 0.159. The molecule has 1 aliphatic heterocycles. The predicted octanol–water partition coefficient (Wildman–Crippen LogP) is 2.33. The highest BCUT2D eigenvalue weighted by Crippen LogP contribution is 2.42. The highest BCUT2D eigenvalue weighted by Gasteiger charge is 2.43. The molecule has 0 aliphatic carbocycles. The number of aromatic nitrogens is 2. The first-order chi connectivity index (χ1) is 14.1. The number of halogens is 3. The first kappa shape index (κ1) is 19.6. The summed E-state index contributed by atoms with van der Waals surface area (Å²) in [7, 11) is 1.35. The molecule has 0 fully saturated rings. The molecule has 10 nitrogen and oxygen atoms in total. The second kappa shape index (κ2) is 6.69. The minimum atomic E-state index is -3.80. The van der Waals surface area contributed by atoms with Crippen molar-refractivity contribution < 1.29 is 37.4 Å². The van der Waals surface area contributed by atoms with Crippen LogP contribution in [-0.2, 0) is 11.3 Å². The monoisotopic (exact) mass is 441 g/mol. The fraction of sp³-hybridized carbons (Fsp3) is 0.176. The van der Waals surface area contributed by atoms with Crippen molar-refractivity contribution in [3.05, 3.63) is 45.5 Å². The van der Waals surface area contributed by atoms with Gasteiger partial charge in [0.15, 0.2) is 22.2 Å². The fourth-order valence-corrected chi connectivity index (χ4v) is 3.01. The standard InChI is InChI=1S/C17H10ClF2N3O7/c1-22(7-2-3-9-10(4-7)30-17(19,20)29-9)12(24)6-23-15(25)8-5-11(16(26)27)28-13(8)14(18)21-23/h2-5H,6H2,1H3,(H,26,27). The number of hydrogen-bond donors (Lipinski definition) is 1. The van der Waals surface area contributed by atoms with Gasteiger partial charge in [-0.05, 0) is 12.1 Å². The molecule has 0 radical (unpaired) electrons. The summed E-state index contributed by atoms with van der Waals surface area (Å²) in [6.45, 7) is -0.566. The number of fused-ring (bicyclic) bond motifs is 2. The molecule has 2 aromatic heterocycles. The molecule has 0 atom stereocenters. The third-order valence-corrected chi connectivity index (χ3v) is 4.48. The van der Waals surface area contributed by atoms with Gasteiger partial charge in [-0.25, -0.2) is 9.48 Å². The van der Waals surface area contributed by atoms with E-state index in [1.165, 1.54) is 25.2 Å². The van der Waals surface area contributed by atoms with Crippen LogP contribution in [0.1, 0.15) is 10.6 Å². The Hall–Kier alpha value is -3.67. The van der Waals surface area contributed by atoms with Crippen LogP contribution in [0, 0.1) is 0 Å². The van der Waals surface area contributed by atoms with E-state index in [0.717, 1.165) is 15.6 Å². The van der Waals surface area contributed by atoms with Crippen LogP contribution in [0.3, 0.4) is 0 Å². The predicted molar refractivity (Wildman–Crippen MR) is 96.3 cm³/mol. The number of aromatic carboxylic acids is 1. The highest BCUT2D eigenvalue weighted by molar-refractivity contribution is 6.33. The summed E-state index contributed by atoms with van der Waals surface area (Å²) in [5, 5.41) is 12.3. The topological polar surface area (TPSA) is 124 Å². The van der Waals surface area contributed by atoms with Crippen molar-refractivity contribution in [2.75, 3.05) is 11.9 Å². The number of ether oxygens (including phenoxy) is 2. The Kier molecular flexibility index (Phi) is 4.38.